The lowest BCUT2D eigenvalue weighted by Gasteiger charge is -2.30. The smallest absolute Gasteiger partial charge is 0.282 e. The van der Waals surface area contributed by atoms with Gasteiger partial charge in [-0.1, -0.05) is 42.8 Å². The molecular weight excluding hydrogens is 376 g/mol. The summed E-state index contributed by atoms with van der Waals surface area (Å²) < 4.78 is 39.8. The Morgan fingerprint density at radius 3 is 2.36 bits per heavy atom. The molecule has 1 aliphatic rings. The van der Waals surface area contributed by atoms with Crippen LogP contribution in [0.1, 0.15) is 30.4 Å². The van der Waals surface area contributed by atoms with Gasteiger partial charge in [-0.3, -0.25) is 0 Å². The van der Waals surface area contributed by atoms with Crippen LogP contribution in [-0.2, 0) is 23.4 Å². The van der Waals surface area contributed by atoms with E-state index in [4.69, 9.17) is 9.47 Å². The number of piperidine rings is 1. The summed E-state index contributed by atoms with van der Waals surface area (Å²) in [5, 5.41) is 0. The van der Waals surface area contributed by atoms with Crippen molar-refractivity contribution >= 4 is 10.2 Å². The van der Waals surface area contributed by atoms with Crippen LogP contribution >= 0.6 is 0 Å². The molecule has 7 heteroatoms. The third-order valence-corrected chi connectivity index (χ3v) is 6.84. The van der Waals surface area contributed by atoms with Gasteiger partial charge in [0.1, 0.15) is 6.61 Å². The van der Waals surface area contributed by atoms with E-state index < -0.39 is 10.2 Å². The fraction of sp³-hybridized carbons (Fsp3) is 0.429. The molecule has 0 saturated carbocycles. The molecule has 3 rings (SSSR count). The molecule has 28 heavy (non-hydrogen) atoms. The molecular formula is C21H28N2O4S. The van der Waals surface area contributed by atoms with Gasteiger partial charge in [-0.05, 0) is 36.1 Å². The van der Waals surface area contributed by atoms with E-state index in [0.29, 0.717) is 31.2 Å². The molecule has 2 aromatic rings. The SMILES string of the molecule is COc1cc(CN(C)S(=O)(=O)N2CCCCC2)ccc1OCc1ccccc1. The summed E-state index contributed by atoms with van der Waals surface area (Å²) in [5.74, 6) is 1.23. The minimum atomic E-state index is -3.44. The number of rotatable bonds is 8. The average molecular weight is 405 g/mol. The van der Waals surface area contributed by atoms with Gasteiger partial charge in [0.2, 0.25) is 0 Å². The van der Waals surface area contributed by atoms with E-state index in [0.717, 1.165) is 30.4 Å². The normalized spacial score (nSPS) is 15.5. The van der Waals surface area contributed by atoms with Crippen molar-refractivity contribution in [3.05, 3.63) is 59.7 Å². The standard InChI is InChI=1S/C21H28N2O4S/c1-22(28(24,25)23-13-7-4-8-14-23)16-19-11-12-20(21(15-19)26-2)27-17-18-9-5-3-6-10-18/h3,5-6,9-12,15H,4,7-8,13-14,16-17H2,1-2H3. The predicted octanol–water partition coefficient (Wildman–Crippen LogP) is 3.44. The van der Waals surface area contributed by atoms with Gasteiger partial charge in [-0.15, -0.1) is 0 Å². The molecule has 0 atom stereocenters. The van der Waals surface area contributed by atoms with Crippen LogP contribution in [-0.4, -0.2) is 44.3 Å². The Hall–Kier alpha value is -2.09. The second-order valence-electron chi connectivity index (χ2n) is 6.98. The van der Waals surface area contributed by atoms with Gasteiger partial charge >= 0.3 is 0 Å². The number of hydrogen-bond donors (Lipinski definition) is 0. The maximum absolute atomic E-state index is 12.8. The average Bonchev–Trinajstić information content (AvgIpc) is 2.74. The molecule has 0 amide bonds. The first kappa shape index (κ1) is 20.6. The molecule has 1 aliphatic heterocycles. The van der Waals surface area contributed by atoms with Crippen LogP contribution in [0.2, 0.25) is 0 Å². The van der Waals surface area contributed by atoms with Crippen LogP contribution in [0, 0.1) is 0 Å². The highest BCUT2D eigenvalue weighted by Crippen LogP contribution is 2.29. The number of methoxy groups -OCH3 is 1. The minimum Gasteiger partial charge on any atom is -0.493 e. The number of hydrogen-bond acceptors (Lipinski definition) is 4. The molecule has 0 spiro atoms. The van der Waals surface area contributed by atoms with E-state index in [1.165, 1.54) is 4.31 Å². The lowest BCUT2D eigenvalue weighted by molar-refractivity contribution is 0.284. The maximum atomic E-state index is 12.8. The highest BCUT2D eigenvalue weighted by Gasteiger charge is 2.28. The third-order valence-electron chi connectivity index (χ3n) is 4.91. The van der Waals surface area contributed by atoms with Crippen LogP contribution in [0.4, 0.5) is 0 Å². The monoisotopic (exact) mass is 404 g/mol. The molecule has 0 radical (unpaired) electrons. The first-order valence-electron chi connectivity index (χ1n) is 9.56. The molecule has 0 aromatic heterocycles. The lowest BCUT2D eigenvalue weighted by atomic mass is 10.2. The molecule has 152 valence electrons. The van der Waals surface area contributed by atoms with Crippen molar-refractivity contribution in [2.75, 3.05) is 27.2 Å². The maximum Gasteiger partial charge on any atom is 0.282 e. The minimum absolute atomic E-state index is 0.286. The van der Waals surface area contributed by atoms with Gasteiger partial charge in [-0.2, -0.15) is 17.0 Å². The van der Waals surface area contributed by atoms with Crippen LogP contribution in [0.5, 0.6) is 11.5 Å². The summed E-state index contributed by atoms with van der Waals surface area (Å²) in [6, 6.07) is 15.5. The molecule has 0 unspecified atom stereocenters. The molecule has 0 N–H and O–H groups in total. The Morgan fingerprint density at radius 1 is 0.964 bits per heavy atom. The van der Waals surface area contributed by atoms with E-state index in [1.807, 2.05) is 48.5 Å². The van der Waals surface area contributed by atoms with E-state index in [2.05, 4.69) is 0 Å². The van der Waals surface area contributed by atoms with E-state index in [-0.39, 0.29) is 6.54 Å². The van der Waals surface area contributed by atoms with Crippen molar-refractivity contribution in [2.24, 2.45) is 0 Å². The largest absolute Gasteiger partial charge is 0.493 e. The lowest BCUT2D eigenvalue weighted by Crippen LogP contribution is -2.44. The van der Waals surface area contributed by atoms with Gasteiger partial charge in [0.15, 0.2) is 11.5 Å². The van der Waals surface area contributed by atoms with Gasteiger partial charge in [0, 0.05) is 26.7 Å². The van der Waals surface area contributed by atoms with Crippen molar-refractivity contribution in [1.82, 2.24) is 8.61 Å². The summed E-state index contributed by atoms with van der Waals surface area (Å²) in [7, 11) is -0.234. The van der Waals surface area contributed by atoms with Crippen LogP contribution in [0.3, 0.4) is 0 Å². The van der Waals surface area contributed by atoms with Crippen LogP contribution in [0.25, 0.3) is 0 Å². The van der Waals surface area contributed by atoms with Gasteiger partial charge in [-0.25, -0.2) is 0 Å². The summed E-state index contributed by atoms with van der Waals surface area (Å²) in [4.78, 5) is 0. The molecule has 1 fully saturated rings. The third kappa shape index (κ3) is 5.04. The van der Waals surface area contributed by atoms with E-state index in [1.54, 1.807) is 18.5 Å². The van der Waals surface area contributed by atoms with Crippen LogP contribution in [0.15, 0.2) is 48.5 Å². The molecule has 1 heterocycles. The Labute approximate surface area is 167 Å². The summed E-state index contributed by atoms with van der Waals surface area (Å²) >= 11 is 0. The van der Waals surface area contributed by atoms with Crippen molar-refractivity contribution in [1.29, 1.82) is 0 Å². The first-order chi connectivity index (χ1) is 13.5. The zero-order chi connectivity index (χ0) is 20.0. The number of nitrogens with zero attached hydrogens (tertiary/aromatic N) is 2. The second kappa shape index (κ2) is 9.41. The zero-order valence-corrected chi connectivity index (χ0v) is 17.3. The molecule has 0 aliphatic carbocycles. The Bertz CT molecular complexity index is 865. The quantitative estimate of drug-likeness (QED) is 0.676. The van der Waals surface area contributed by atoms with E-state index >= 15 is 0 Å². The fourth-order valence-corrected chi connectivity index (χ4v) is 4.72. The highest BCUT2D eigenvalue weighted by molar-refractivity contribution is 7.86. The number of benzene rings is 2. The van der Waals surface area contributed by atoms with E-state index in [9.17, 15) is 8.42 Å². The van der Waals surface area contributed by atoms with Crippen molar-refractivity contribution < 1.29 is 17.9 Å². The van der Waals surface area contributed by atoms with Gasteiger partial charge in [0.25, 0.3) is 10.2 Å². The molecule has 1 saturated heterocycles. The molecule has 6 nitrogen and oxygen atoms in total. The number of ether oxygens (including phenoxy) is 2. The summed E-state index contributed by atoms with van der Waals surface area (Å²) in [6.07, 6.45) is 2.94. The Kier molecular flexibility index (Phi) is 6.93. The molecule has 2 aromatic carbocycles. The summed E-state index contributed by atoms with van der Waals surface area (Å²) in [6.45, 7) is 1.93. The fourth-order valence-electron chi connectivity index (χ4n) is 3.30. The van der Waals surface area contributed by atoms with Crippen molar-refractivity contribution in [2.45, 2.75) is 32.4 Å². The zero-order valence-electron chi connectivity index (χ0n) is 16.5. The van der Waals surface area contributed by atoms with Gasteiger partial charge in [0.05, 0.1) is 7.11 Å². The topological polar surface area (TPSA) is 59.1 Å². The summed E-state index contributed by atoms with van der Waals surface area (Å²) in [5.41, 5.74) is 1.92. The van der Waals surface area contributed by atoms with Crippen LogP contribution < -0.4 is 9.47 Å². The predicted molar refractivity (Wildman–Crippen MR) is 110 cm³/mol. The Balaban J connectivity index is 1.67. The first-order valence-corrected chi connectivity index (χ1v) is 11.0. The second-order valence-corrected chi connectivity index (χ2v) is 9.02. The Morgan fingerprint density at radius 2 is 1.68 bits per heavy atom. The highest BCUT2D eigenvalue weighted by atomic mass is 32.2. The van der Waals surface area contributed by atoms with Crippen molar-refractivity contribution in [3.63, 3.8) is 0 Å². The molecule has 0 bridgehead atoms. The van der Waals surface area contributed by atoms with Crippen molar-refractivity contribution in [3.8, 4) is 11.5 Å². The van der Waals surface area contributed by atoms with Gasteiger partial charge < -0.3 is 9.47 Å².